The predicted molar refractivity (Wildman–Crippen MR) is 78.2 cm³/mol. The van der Waals surface area contributed by atoms with Gasteiger partial charge in [0.25, 0.3) is 0 Å². The van der Waals surface area contributed by atoms with Crippen LogP contribution in [0.15, 0.2) is 23.2 Å². The van der Waals surface area contributed by atoms with Gasteiger partial charge < -0.3 is 5.32 Å². The third-order valence-electron chi connectivity index (χ3n) is 3.67. The number of aliphatic imine (C=N–C) groups is 1. The summed E-state index contributed by atoms with van der Waals surface area (Å²) in [6, 6.07) is 2.32. The van der Waals surface area contributed by atoms with Gasteiger partial charge in [-0.2, -0.15) is 13.2 Å². The number of benzene rings is 1. The minimum absolute atomic E-state index is 0.195. The summed E-state index contributed by atoms with van der Waals surface area (Å²) in [4.78, 5) is 4.51. The second kappa shape index (κ2) is 5.87. The fraction of sp³-hybridized carbons (Fsp3) is 0.500. The number of halogens is 4. The van der Waals surface area contributed by atoms with E-state index in [0.717, 1.165) is 36.8 Å². The first-order chi connectivity index (χ1) is 9.79. The lowest BCUT2D eigenvalue weighted by Crippen LogP contribution is -2.24. The van der Waals surface area contributed by atoms with Crippen molar-refractivity contribution in [3.8, 4) is 0 Å². The summed E-state index contributed by atoms with van der Waals surface area (Å²) in [6.07, 6.45) is -2.81. The zero-order valence-corrected chi connectivity index (χ0v) is 12.5. The summed E-state index contributed by atoms with van der Waals surface area (Å²) in [6.45, 7) is 4.03. The van der Waals surface area contributed by atoms with Crippen molar-refractivity contribution in [2.24, 2.45) is 4.99 Å². The minimum atomic E-state index is -4.49. The van der Waals surface area contributed by atoms with Crippen LogP contribution in [0.5, 0.6) is 0 Å². The van der Waals surface area contributed by atoms with Crippen molar-refractivity contribution >= 4 is 22.6 Å². The average molecular weight is 320 g/mol. The van der Waals surface area contributed by atoms with E-state index in [1.54, 1.807) is 0 Å². The molecule has 1 aromatic rings. The summed E-state index contributed by atoms with van der Waals surface area (Å²) in [7, 11) is 0. The third kappa shape index (κ3) is 3.51. The smallest absolute Gasteiger partial charge is 0.333 e. The van der Waals surface area contributed by atoms with Gasteiger partial charge in [0.1, 0.15) is 5.82 Å². The van der Waals surface area contributed by atoms with E-state index in [2.05, 4.69) is 10.3 Å². The van der Waals surface area contributed by atoms with Gasteiger partial charge in [0.05, 0.1) is 16.8 Å². The number of amidine groups is 1. The lowest BCUT2D eigenvalue weighted by atomic mass is 9.97. The first kappa shape index (κ1) is 16.1. The summed E-state index contributed by atoms with van der Waals surface area (Å²) in [5.41, 5.74) is -1.28. The van der Waals surface area contributed by atoms with E-state index in [1.807, 2.05) is 13.8 Å². The lowest BCUT2D eigenvalue weighted by Gasteiger charge is -2.20. The lowest BCUT2D eigenvalue weighted by molar-refractivity contribution is -0.137. The maximum atomic E-state index is 13.7. The Bertz CT molecular complexity index is 550. The van der Waals surface area contributed by atoms with Crippen molar-refractivity contribution in [1.29, 1.82) is 0 Å². The van der Waals surface area contributed by atoms with Crippen molar-refractivity contribution < 1.29 is 17.6 Å². The molecule has 116 valence electrons. The summed E-state index contributed by atoms with van der Waals surface area (Å²) >= 11 is 1.41. The van der Waals surface area contributed by atoms with Crippen LogP contribution in [0.1, 0.15) is 32.3 Å². The maximum absolute atomic E-state index is 13.7. The zero-order valence-electron chi connectivity index (χ0n) is 11.7. The highest BCUT2D eigenvalue weighted by Crippen LogP contribution is 2.35. The number of hydrogen-bond donors (Lipinski definition) is 1. The van der Waals surface area contributed by atoms with Crippen LogP contribution in [0.2, 0.25) is 0 Å². The van der Waals surface area contributed by atoms with Gasteiger partial charge in [-0.1, -0.05) is 25.6 Å². The number of nitrogens with one attached hydrogen (secondary N) is 1. The van der Waals surface area contributed by atoms with Gasteiger partial charge in [-0.15, -0.1) is 0 Å². The van der Waals surface area contributed by atoms with Crippen LogP contribution in [0.4, 0.5) is 23.2 Å². The molecular weight excluding hydrogens is 304 g/mol. The highest BCUT2D eigenvalue weighted by molar-refractivity contribution is 8.14. The Kier molecular flexibility index (Phi) is 4.51. The molecule has 0 atom stereocenters. The van der Waals surface area contributed by atoms with Crippen LogP contribution in [0, 0.1) is 5.82 Å². The maximum Gasteiger partial charge on any atom is 0.416 e. The van der Waals surface area contributed by atoms with Crippen LogP contribution in [-0.2, 0) is 6.18 Å². The van der Waals surface area contributed by atoms with Gasteiger partial charge in [0.2, 0.25) is 0 Å². The van der Waals surface area contributed by atoms with Gasteiger partial charge in [0.15, 0.2) is 5.17 Å². The van der Waals surface area contributed by atoms with E-state index in [9.17, 15) is 17.6 Å². The highest BCUT2D eigenvalue weighted by atomic mass is 32.2. The van der Waals surface area contributed by atoms with E-state index in [0.29, 0.717) is 5.17 Å². The Balaban J connectivity index is 2.25. The third-order valence-corrected chi connectivity index (χ3v) is 4.82. The van der Waals surface area contributed by atoms with Gasteiger partial charge >= 0.3 is 6.18 Å². The second-order valence-electron chi connectivity index (χ2n) is 4.95. The van der Waals surface area contributed by atoms with Crippen LogP contribution in [-0.4, -0.2) is 16.5 Å². The molecule has 1 aliphatic heterocycles. The number of thioether (sulfide) groups is 1. The molecule has 0 amide bonds. The molecule has 1 N–H and O–H groups in total. The Hall–Kier alpha value is -1.24. The van der Waals surface area contributed by atoms with E-state index >= 15 is 0 Å². The predicted octanol–water partition coefficient (Wildman–Crippen LogP) is 4.92. The number of alkyl halides is 3. The Morgan fingerprint density at radius 3 is 2.48 bits per heavy atom. The second-order valence-corrected chi connectivity index (χ2v) is 5.92. The molecule has 1 heterocycles. The molecule has 0 fully saturated rings. The summed E-state index contributed by atoms with van der Waals surface area (Å²) in [5, 5.41) is 3.15. The Morgan fingerprint density at radius 2 is 1.95 bits per heavy atom. The first-order valence-electron chi connectivity index (χ1n) is 6.66. The molecule has 0 aromatic heterocycles. The molecule has 7 heteroatoms. The Labute approximate surface area is 125 Å². The molecule has 0 saturated carbocycles. The number of nitrogens with zero attached hydrogens (tertiary/aromatic N) is 1. The average Bonchev–Trinajstić information content (AvgIpc) is 2.84. The first-order valence-corrected chi connectivity index (χ1v) is 7.64. The summed E-state index contributed by atoms with van der Waals surface area (Å²) < 4.78 is 51.7. The molecule has 0 unspecified atom stereocenters. The van der Waals surface area contributed by atoms with Crippen LogP contribution in [0.3, 0.4) is 0 Å². The number of anilines is 1. The van der Waals surface area contributed by atoms with E-state index in [4.69, 9.17) is 0 Å². The molecule has 2 nitrogen and oxygen atoms in total. The molecule has 2 rings (SSSR count). The molecule has 21 heavy (non-hydrogen) atoms. The van der Waals surface area contributed by atoms with Crippen LogP contribution < -0.4 is 5.32 Å². The topological polar surface area (TPSA) is 24.4 Å². The van der Waals surface area contributed by atoms with Crippen molar-refractivity contribution in [2.75, 3.05) is 11.1 Å². The molecule has 0 spiro atoms. The van der Waals surface area contributed by atoms with Crippen LogP contribution >= 0.6 is 11.8 Å². The van der Waals surface area contributed by atoms with Crippen LogP contribution in [0.25, 0.3) is 0 Å². The van der Waals surface area contributed by atoms with Crippen molar-refractivity contribution in [1.82, 2.24) is 0 Å². The molecule has 1 aromatic carbocycles. The van der Waals surface area contributed by atoms with Crippen molar-refractivity contribution in [2.45, 2.75) is 38.4 Å². The monoisotopic (exact) mass is 320 g/mol. The van der Waals surface area contributed by atoms with Crippen molar-refractivity contribution in [3.63, 3.8) is 0 Å². The fourth-order valence-corrected chi connectivity index (χ4v) is 3.39. The van der Waals surface area contributed by atoms with E-state index in [1.165, 1.54) is 11.8 Å². The van der Waals surface area contributed by atoms with Gasteiger partial charge in [-0.05, 0) is 31.0 Å². The number of rotatable bonds is 3. The molecule has 0 radical (unpaired) electrons. The molecule has 0 aliphatic carbocycles. The zero-order chi connectivity index (χ0) is 15.7. The van der Waals surface area contributed by atoms with E-state index < -0.39 is 17.6 Å². The molecule has 0 bridgehead atoms. The van der Waals surface area contributed by atoms with Gasteiger partial charge in [-0.25, -0.2) is 4.39 Å². The standard InChI is InChI=1S/C14H16F4N2S/c1-3-13(4-2)8-21-12(20-13)19-11-7-9(14(16,17)18)5-6-10(11)15/h5-7H,3-4,8H2,1-2H3,(H,19,20). The fourth-order valence-electron chi connectivity index (χ4n) is 2.07. The molecule has 1 aliphatic rings. The van der Waals surface area contributed by atoms with E-state index in [-0.39, 0.29) is 11.2 Å². The minimum Gasteiger partial charge on any atom is -0.333 e. The normalized spacial score (nSPS) is 17.7. The highest BCUT2D eigenvalue weighted by Gasteiger charge is 2.33. The molecular formula is C14H16F4N2S. The number of hydrogen-bond acceptors (Lipinski definition) is 3. The largest absolute Gasteiger partial charge is 0.416 e. The summed E-state index contributed by atoms with van der Waals surface area (Å²) in [5.74, 6) is 0.0277. The van der Waals surface area contributed by atoms with Gasteiger partial charge in [-0.3, -0.25) is 4.99 Å². The Morgan fingerprint density at radius 1 is 1.29 bits per heavy atom. The molecule has 0 saturated heterocycles. The SMILES string of the molecule is CCC1(CC)CSC(Nc2cc(C(F)(F)F)ccc2F)=N1. The quantitative estimate of drug-likeness (QED) is 0.800. The van der Waals surface area contributed by atoms with Crippen molar-refractivity contribution in [3.05, 3.63) is 29.6 Å². The van der Waals surface area contributed by atoms with Gasteiger partial charge in [0, 0.05) is 5.75 Å².